The van der Waals surface area contributed by atoms with Crippen molar-refractivity contribution in [3.63, 3.8) is 0 Å². The molecule has 152 valence electrons. The summed E-state index contributed by atoms with van der Waals surface area (Å²) in [6.45, 7) is 8.56. The Morgan fingerprint density at radius 2 is 2.00 bits per heavy atom. The van der Waals surface area contributed by atoms with Gasteiger partial charge in [0.2, 0.25) is 0 Å². The molecule has 0 radical (unpaired) electrons. The fourth-order valence-corrected chi connectivity index (χ4v) is 4.20. The maximum absolute atomic E-state index is 14.0. The van der Waals surface area contributed by atoms with E-state index in [2.05, 4.69) is 24.9 Å². The SMILES string of the molecule is CCN1C(=O)/C(=C\c2cc(C(C)C)c(OC)cc2C)SC1=Nc1ccccc1F. The first-order valence-electron chi connectivity index (χ1n) is 9.58. The molecule has 6 heteroatoms. The third kappa shape index (κ3) is 4.37. The van der Waals surface area contributed by atoms with E-state index in [4.69, 9.17) is 4.74 Å². The average Bonchev–Trinajstić information content (AvgIpc) is 2.98. The Balaban J connectivity index is 2.02. The Kier molecular flexibility index (Phi) is 6.42. The minimum Gasteiger partial charge on any atom is -0.496 e. The van der Waals surface area contributed by atoms with Gasteiger partial charge < -0.3 is 4.74 Å². The number of benzene rings is 2. The van der Waals surface area contributed by atoms with Crippen LogP contribution in [0.25, 0.3) is 6.08 Å². The number of rotatable bonds is 5. The van der Waals surface area contributed by atoms with E-state index in [0.29, 0.717) is 22.5 Å². The molecule has 0 atom stereocenters. The summed E-state index contributed by atoms with van der Waals surface area (Å²) in [4.78, 5) is 19.5. The first-order valence-corrected chi connectivity index (χ1v) is 10.4. The van der Waals surface area contributed by atoms with Gasteiger partial charge in [0.05, 0.1) is 12.0 Å². The topological polar surface area (TPSA) is 41.9 Å². The highest BCUT2D eigenvalue weighted by molar-refractivity contribution is 8.18. The summed E-state index contributed by atoms with van der Waals surface area (Å²) in [5.74, 6) is 0.616. The summed E-state index contributed by atoms with van der Waals surface area (Å²) in [6.07, 6.45) is 1.89. The molecule has 1 aliphatic heterocycles. The van der Waals surface area contributed by atoms with Crippen LogP contribution in [0.2, 0.25) is 0 Å². The number of carbonyl (C=O) groups excluding carboxylic acids is 1. The molecule has 0 aliphatic carbocycles. The summed E-state index contributed by atoms with van der Waals surface area (Å²) < 4.78 is 19.5. The monoisotopic (exact) mass is 412 g/mol. The third-order valence-corrected chi connectivity index (χ3v) is 5.81. The number of amidine groups is 1. The number of thioether (sulfide) groups is 1. The lowest BCUT2D eigenvalue weighted by Crippen LogP contribution is -2.28. The number of ether oxygens (including phenoxy) is 1. The van der Waals surface area contributed by atoms with Crippen LogP contribution < -0.4 is 4.74 Å². The smallest absolute Gasteiger partial charge is 0.266 e. The number of hydrogen-bond acceptors (Lipinski definition) is 4. The van der Waals surface area contributed by atoms with Crippen molar-refractivity contribution in [3.8, 4) is 5.75 Å². The van der Waals surface area contributed by atoms with Gasteiger partial charge in [-0.2, -0.15) is 0 Å². The predicted octanol–water partition coefficient (Wildman–Crippen LogP) is 5.89. The second-order valence-electron chi connectivity index (χ2n) is 7.11. The van der Waals surface area contributed by atoms with Crippen molar-refractivity contribution in [2.24, 2.45) is 4.99 Å². The number of nitrogens with zero attached hydrogens (tertiary/aromatic N) is 2. The minimum absolute atomic E-state index is 0.117. The number of hydrogen-bond donors (Lipinski definition) is 0. The van der Waals surface area contributed by atoms with Crippen molar-refractivity contribution in [1.82, 2.24) is 4.90 Å². The molecule has 0 saturated carbocycles. The maximum atomic E-state index is 14.0. The summed E-state index contributed by atoms with van der Waals surface area (Å²) in [7, 11) is 1.67. The second-order valence-corrected chi connectivity index (χ2v) is 8.12. The second kappa shape index (κ2) is 8.82. The molecule has 0 aromatic heterocycles. The largest absolute Gasteiger partial charge is 0.496 e. The van der Waals surface area contributed by atoms with Gasteiger partial charge in [-0.3, -0.25) is 9.69 Å². The van der Waals surface area contributed by atoms with Gasteiger partial charge in [-0.1, -0.05) is 26.0 Å². The molecule has 2 aromatic carbocycles. The highest BCUT2D eigenvalue weighted by Crippen LogP contribution is 2.36. The van der Waals surface area contributed by atoms with E-state index in [-0.39, 0.29) is 11.6 Å². The summed E-state index contributed by atoms with van der Waals surface area (Å²) in [5.41, 5.74) is 3.31. The van der Waals surface area contributed by atoms with Gasteiger partial charge in [-0.15, -0.1) is 0 Å². The minimum atomic E-state index is -0.408. The van der Waals surface area contributed by atoms with Gasteiger partial charge in [0.15, 0.2) is 5.17 Å². The van der Waals surface area contributed by atoms with Crippen molar-refractivity contribution >= 4 is 34.6 Å². The van der Waals surface area contributed by atoms with Crippen LogP contribution in [-0.4, -0.2) is 29.6 Å². The molecular weight excluding hydrogens is 387 g/mol. The molecule has 29 heavy (non-hydrogen) atoms. The summed E-state index contributed by atoms with van der Waals surface area (Å²) in [5, 5.41) is 0.490. The number of likely N-dealkylation sites (N-methyl/N-ethyl adjacent to an activating group) is 1. The van der Waals surface area contributed by atoms with Gasteiger partial charge in [0.1, 0.15) is 17.3 Å². The zero-order valence-corrected chi connectivity index (χ0v) is 18.1. The van der Waals surface area contributed by atoms with Crippen LogP contribution in [0.3, 0.4) is 0 Å². The van der Waals surface area contributed by atoms with Crippen LogP contribution in [0.15, 0.2) is 46.3 Å². The first-order chi connectivity index (χ1) is 13.8. The van der Waals surface area contributed by atoms with E-state index in [1.54, 1.807) is 30.2 Å². The van der Waals surface area contributed by atoms with Gasteiger partial charge in [-0.05, 0) is 78.6 Å². The quantitative estimate of drug-likeness (QED) is 0.575. The Bertz CT molecular complexity index is 998. The first kappa shape index (κ1) is 21.1. The molecular formula is C23H25FN2O2S. The standard InChI is InChI=1S/C23H25FN2O2S/c1-6-26-22(27)21(29-23(26)25-19-10-8-7-9-18(19)24)13-16-12-17(14(2)3)20(28-5)11-15(16)4/h7-14H,6H2,1-5H3/b21-13+,25-23?. The molecule has 0 unspecified atom stereocenters. The number of carbonyl (C=O) groups is 1. The van der Waals surface area contributed by atoms with Crippen LogP contribution in [0.4, 0.5) is 10.1 Å². The van der Waals surface area contributed by atoms with Crippen LogP contribution >= 0.6 is 11.8 Å². The van der Waals surface area contributed by atoms with E-state index in [9.17, 15) is 9.18 Å². The normalized spacial score (nSPS) is 17.1. The summed E-state index contributed by atoms with van der Waals surface area (Å²) in [6, 6.07) is 10.4. The van der Waals surface area contributed by atoms with Crippen LogP contribution in [0, 0.1) is 12.7 Å². The average molecular weight is 413 g/mol. The zero-order chi connectivity index (χ0) is 21.1. The molecule has 1 fully saturated rings. The Labute approximate surface area is 175 Å². The third-order valence-electron chi connectivity index (χ3n) is 4.80. The van der Waals surface area contributed by atoms with Gasteiger partial charge in [0, 0.05) is 6.54 Å². The number of amides is 1. The van der Waals surface area contributed by atoms with E-state index < -0.39 is 5.82 Å². The molecule has 3 rings (SSSR count). The molecule has 1 heterocycles. The van der Waals surface area contributed by atoms with Crippen LogP contribution in [0.5, 0.6) is 5.75 Å². The van der Waals surface area contributed by atoms with E-state index in [1.807, 2.05) is 26.0 Å². The highest BCUT2D eigenvalue weighted by atomic mass is 32.2. The van der Waals surface area contributed by atoms with Gasteiger partial charge >= 0.3 is 0 Å². The van der Waals surface area contributed by atoms with Crippen molar-refractivity contribution in [2.75, 3.05) is 13.7 Å². The van der Waals surface area contributed by atoms with Crippen LogP contribution in [-0.2, 0) is 4.79 Å². The van der Waals surface area contributed by atoms with Crippen molar-refractivity contribution < 1.29 is 13.9 Å². The number of methoxy groups -OCH3 is 1. The van der Waals surface area contributed by atoms with Crippen molar-refractivity contribution in [1.29, 1.82) is 0 Å². The molecule has 1 amide bonds. The highest BCUT2D eigenvalue weighted by Gasteiger charge is 2.32. The lowest BCUT2D eigenvalue weighted by atomic mass is 9.96. The molecule has 1 saturated heterocycles. The molecule has 4 nitrogen and oxygen atoms in total. The van der Waals surface area contributed by atoms with E-state index >= 15 is 0 Å². The summed E-state index contributed by atoms with van der Waals surface area (Å²) >= 11 is 1.27. The Morgan fingerprint density at radius 1 is 1.28 bits per heavy atom. The van der Waals surface area contributed by atoms with Crippen molar-refractivity contribution in [2.45, 2.75) is 33.6 Å². The lowest BCUT2D eigenvalue weighted by Gasteiger charge is -2.15. The number of aryl methyl sites for hydroxylation is 1. The molecule has 0 spiro atoms. The number of aliphatic imine (C=N–C) groups is 1. The fourth-order valence-electron chi connectivity index (χ4n) is 3.16. The number of halogens is 1. The maximum Gasteiger partial charge on any atom is 0.266 e. The van der Waals surface area contributed by atoms with Crippen LogP contribution in [0.1, 0.15) is 43.4 Å². The predicted molar refractivity (Wildman–Crippen MR) is 118 cm³/mol. The Morgan fingerprint density at radius 3 is 2.62 bits per heavy atom. The molecule has 1 aliphatic rings. The molecule has 2 aromatic rings. The Hall–Kier alpha value is -2.60. The molecule has 0 N–H and O–H groups in total. The van der Waals surface area contributed by atoms with Gasteiger partial charge in [0.25, 0.3) is 5.91 Å². The molecule has 0 bridgehead atoms. The lowest BCUT2D eigenvalue weighted by molar-refractivity contribution is -0.122. The number of para-hydroxylation sites is 1. The zero-order valence-electron chi connectivity index (χ0n) is 17.3. The van der Waals surface area contributed by atoms with Gasteiger partial charge in [-0.25, -0.2) is 9.38 Å². The van der Waals surface area contributed by atoms with E-state index in [0.717, 1.165) is 22.4 Å². The fraction of sp³-hybridized carbons (Fsp3) is 0.304. The van der Waals surface area contributed by atoms with Crippen molar-refractivity contribution in [3.05, 3.63) is 63.8 Å². The van der Waals surface area contributed by atoms with E-state index in [1.165, 1.54) is 17.8 Å².